The molecule has 4 nitrogen and oxygen atoms in total. The highest BCUT2D eigenvalue weighted by molar-refractivity contribution is 5.97. The van der Waals surface area contributed by atoms with E-state index >= 15 is 0 Å². The Labute approximate surface area is 133 Å². The van der Waals surface area contributed by atoms with Gasteiger partial charge < -0.3 is 10.1 Å². The summed E-state index contributed by atoms with van der Waals surface area (Å²) in [5.74, 6) is 0.389. The molecule has 1 atom stereocenters. The highest BCUT2D eigenvalue weighted by Gasteiger charge is 2.24. The minimum Gasteiger partial charge on any atom is -0.479 e. The quantitative estimate of drug-likeness (QED) is 0.926. The van der Waals surface area contributed by atoms with Crippen LogP contribution in [0.2, 0.25) is 0 Å². The molecule has 0 spiro atoms. The summed E-state index contributed by atoms with van der Waals surface area (Å²) in [5, 5.41) is 2.87. The summed E-state index contributed by atoms with van der Waals surface area (Å²) in [6, 6.07) is 10.8. The molecule has 23 heavy (non-hydrogen) atoms. The maximum absolute atomic E-state index is 13.3. The van der Waals surface area contributed by atoms with Gasteiger partial charge in [0, 0.05) is 19.6 Å². The second-order valence-electron chi connectivity index (χ2n) is 6.14. The fourth-order valence-electron chi connectivity index (χ4n) is 3.16. The lowest BCUT2D eigenvalue weighted by Gasteiger charge is -2.24. The van der Waals surface area contributed by atoms with Crippen molar-refractivity contribution in [3.63, 3.8) is 0 Å². The Bertz CT molecular complexity index is 791. The van der Waals surface area contributed by atoms with Crippen molar-refractivity contribution in [2.45, 2.75) is 32.7 Å². The summed E-state index contributed by atoms with van der Waals surface area (Å²) in [6.45, 7) is 4.03. The van der Waals surface area contributed by atoms with Crippen molar-refractivity contribution in [3.05, 3.63) is 58.9 Å². The summed E-state index contributed by atoms with van der Waals surface area (Å²) in [6.07, 6.45) is -0.462. The minimum atomic E-state index is -0.462. The molecule has 0 saturated carbocycles. The van der Waals surface area contributed by atoms with Gasteiger partial charge in [0.15, 0.2) is 6.10 Å². The molecule has 1 amide bonds. The van der Waals surface area contributed by atoms with Crippen LogP contribution >= 0.6 is 0 Å². The van der Waals surface area contributed by atoms with Crippen LogP contribution in [0.5, 0.6) is 5.75 Å². The number of nitrogens with one attached hydrogen (secondary N) is 1. The molecule has 2 aromatic carbocycles. The van der Waals surface area contributed by atoms with Gasteiger partial charge in [-0.3, -0.25) is 9.69 Å². The molecule has 2 heterocycles. The third kappa shape index (κ3) is 2.68. The summed E-state index contributed by atoms with van der Waals surface area (Å²) < 4.78 is 18.9. The van der Waals surface area contributed by atoms with E-state index in [4.69, 9.17) is 4.74 Å². The van der Waals surface area contributed by atoms with E-state index in [0.29, 0.717) is 11.4 Å². The number of amides is 1. The Balaban J connectivity index is 1.51. The second kappa shape index (κ2) is 5.35. The first-order valence-electron chi connectivity index (χ1n) is 7.68. The predicted molar refractivity (Wildman–Crippen MR) is 84.5 cm³/mol. The van der Waals surface area contributed by atoms with Gasteiger partial charge in [-0.15, -0.1) is 0 Å². The van der Waals surface area contributed by atoms with E-state index in [2.05, 4.69) is 10.2 Å². The van der Waals surface area contributed by atoms with Gasteiger partial charge in [-0.2, -0.15) is 0 Å². The first-order valence-corrected chi connectivity index (χ1v) is 7.68. The van der Waals surface area contributed by atoms with E-state index in [1.807, 2.05) is 24.3 Å². The van der Waals surface area contributed by atoms with E-state index in [9.17, 15) is 9.18 Å². The number of nitrogens with zero attached hydrogens (tertiary/aromatic N) is 1. The zero-order valence-electron chi connectivity index (χ0n) is 12.8. The number of ether oxygens (including phenoxy) is 1. The third-order valence-electron chi connectivity index (χ3n) is 4.34. The van der Waals surface area contributed by atoms with Crippen LogP contribution in [0, 0.1) is 5.82 Å². The van der Waals surface area contributed by atoms with E-state index < -0.39 is 6.10 Å². The lowest BCUT2D eigenvalue weighted by atomic mass is 10.1. The van der Waals surface area contributed by atoms with Crippen molar-refractivity contribution in [2.24, 2.45) is 0 Å². The normalized spacial score (nSPS) is 19.7. The lowest BCUT2D eigenvalue weighted by Crippen LogP contribution is -2.34. The van der Waals surface area contributed by atoms with Gasteiger partial charge in [-0.1, -0.05) is 12.1 Å². The van der Waals surface area contributed by atoms with E-state index in [-0.39, 0.29) is 11.7 Å². The van der Waals surface area contributed by atoms with Crippen LogP contribution in [0.1, 0.15) is 23.6 Å². The van der Waals surface area contributed by atoms with Gasteiger partial charge in [-0.25, -0.2) is 4.39 Å². The van der Waals surface area contributed by atoms with Crippen LogP contribution in [0.25, 0.3) is 0 Å². The smallest absolute Gasteiger partial charge is 0.265 e. The van der Waals surface area contributed by atoms with Gasteiger partial charge >= 0.3 is 0 Å². The lowest BCUT2D eigenvalue weighted by molar-refractivity contribution is -0.122. The minimum absolute atomic E-state index is 0.126. The Morgan fingerprint density at radius 3 is 2.91 bits per heavy atom. The van der Waals surface area contributed by atoms with E-state index in [1.54, 1.807) is 13.0 Å². The topological polar surface area (TPSA) is 41.6 Å². The van der Waals surface area contributed by atoms with Gasteiger partial charge in [-0.05, 0) is 47.9 Å². The number of rotatable bonds is 2. The van der Waals surface area contributed by atoms with Crippen molar-refractivity contribution in [1.82, 2.24) is 4.90 Å². The van der Waals surface area contributed by atoms with Crippen molar-refractivity contribution in [1.29, 1.82) is 0 Å². The summed E-state index contributed by atoms with van der Waals surface area (Å²) in [4.78, 5) is 14.0. The highest BCUT2D eigenvalue weighted by Crippen LogP contribution is 2.32. The SMILES string of the molecule is CC1Oc2ccc(CN3Cc4ccc(F)cc4C3)cc2NC1=O. The largest absolute Gasteiger partial charge is 0.479 e. The van der Waals surface area contributed by atoms with Crippen LogP contribution in [0.3, 0.4) is 0 Å². The number of hydrogen-bond acceptors (Lipinski definition) is 3. The molecule has 0 aliphatic carbocycles. The van der Waals surface area contributed by atoms with Crippen molar-refractivity contribution >= 4 is 11.6 Å². The molecule has 0 radical (unpaired) electrons. The molecule has 0 fully saturated rings. The maximum atomic E-state index is 13.3. The molecule has 0 aromatic heterocycles. The third-order valence-corrected chi connectivity index (χ3v) is 4.34. The number of halogens is 1. The zero-order valence-corrected chi connectivity index (χ0v) is 12.8. The average Bonchev–Trinajstić information content (AvgIpc) is 2.90. The molecule has 0 bridgehead atoms. The first-order chi connectivity index (χ1) is 11.1. The molecule has 2 aliphatic rings. The van der Waals surface area contributed by atoms with Crippen molar-refractivity contribution in [2.75, 3.05) is 5.32 Å². The van der Waals surface area contributed by atoms with Gasteiger partial charge in [0.2, 0.25) is 0 Å². The number of carbonyl (C=O) groups is 1. The first kappa shape index (κ1) is 14.2. The number of carbonyl (C=O) groups excluding carboxylic acids is 1. The number of fused-ring (bicyclic) bond motifs is 2. The van der Waals surface area contributed by atoms with Crippen LogP contribution in [0.4, 0.5) is 10.1 Å². The Hall–Kier alpha value is -2.40. The molecule has 0 saturated heterocycles. The molecule has 1 unspecified atom stereocenters. The summed E-state index contributed by atoms with van der Waals surface area (Å²) in [5.41, 5.74) is 4.03. The van der Waals surface area contributed by atoms with E-state index in [0.717, 1.165) is 30.8 Å². The van der Waals surface area contributed by atoms with Gasteiger partial charge in [0.05, 0.1) is 5.69 Å². The molecule has 118 valence electrons. The van der Waals surface area contributed by atoms with Crippen LogP contribution in [0.15, 0.2) is 36.4 Å². The average molecular weight is 312 g/mol. The highest BCUT2D eigenvalue weighted by atomic mass is 19.1. The molecule has 1 N–H and O–H groups in total. The van der Waals surface area contributed by atoms with Gasteiger partial charge in [0.1, 0.15) is 11.6 Å². The molecular formula is C18H17FN2O2. The number of anilines is 1. The standard InChI is InChI=1S/C18H17FN2O2/c1-11-18(22)20-16-6-12(2-5-17(16)23-11)8-21-9-13-3-4-15(19)7-14(13)10-21/h2-7,11H,8-10H2,1H3,(H,20,22). The Morgan fingerprint density at radius 1 is 1.22 bits per heavy atom. The summed E-state index contributed by atoms with van der Waals surface area (Å²) >= 11 is 0. The van der Waals surface area contributed by atoms with Crippen molar-refractivity contribution in [3.8, 4) is 5.75 Å². The fourth-order valence-corrected chi connectivity index (χ4v) is 3.16. The number of benzene rings is 2. The van der Waals surface area contributed by atoms with Gasteiger partial charge in [0.25, 0.3) is 5.91 Å². The number of hydrogen-bond donors (Lipinski definition) is 1. The van der Waals surface area contributed by atoms with E-state index in [1.165, 1.54) is 11.6 Å². The van der Waals surface area contributed by atoms with Crippen LogP contribution in [-0.2, 0) is 24.4 Å². The van der Waals surface area contributed by atoms with Crippen molar-refractivity contribution < 1.29 is 13.9 Å². The molecule has 5 heteroatoms. The monoisotopic (exact) mass is 312 g/mol. The predicted octanol–water partition coefficient (Wildman–Crippen LogP) is 3.06. The zero-order chi connectivity index (χ0) is 16.0. The fraction of sp³-hybridized carbons (Fsp3) is 0.278. The van der Waals surface area contributed by atoms with Crippen LogP contribution in [-0.4, -0.2) is 16.9 Å². The summed E-state index contributed by atoms with van der Waals surface area (Å²) in [7, 11) is 0. The molecule has 4 rings (SSSR count). The molecular weight excluding hydrogens is 295 g/mol. The molecule has 2 aliphatic heterocycles. The maximum Gasteiger partial charge on any atom is 0.265 e. The Kier molecular flexibility index (Phi) is 3.31. The second-order valence-corrected chi connectivity index (χ2v) is 6.14. The molecule has 2 aromatic rings. The van der Waals surface area contributed by atoms with Crippen LogP contribution < -0.4 is 10.1 Å². The Morgan fingerprint density at radius 2 is 2.04 bits per heavy atom.